The van der Waals surface area contributed by atoms with Crippen molar-refractivity contribution in [3.8, 4) is 0 Å². The molecular formula is C13H15N5O2. The maximum Gasteiger partial charge on any atom is 0.270 e. The monoisotopic (exact) mass is 273 g/mol. The van der Waals surface area contributed by atoms with Crippen molar-refractivity contribution in [2.75, 3.05) is 18.0 Å². The average molecular weight is 273 g/mol. The van der Waals surface area contributed by atoms with Gasteiger partial charge in [-0.1, -0.05) is 0 Å². The maximum absolute atomic E-state index is 10.9. The molecule has 0 aliphatic carbocycles. The van der Waals surface area contributed by atoms with Gasteiger partial charge < -0.3 is 10.6 Å². The first-order valence-corrected chi connectivity index (χ1v) is 6.55. The lowest BCUT2D eigenvalue weighted by Crippen LogP contribution is -2.43. The van der Waals surface area contributed by atoms with Crippen LogP contribution in [-0.2, 0) is 0 Å². The highest BCUT2D eigenvalue weighted by atomic mass is 16.6. The van der Waals surface area contributed by atoms with Gasteiger partial charge in [0.05, 0.1) is 10.4 Å². The zero-order valence-corrected chi connectivity index (χ0v) is 10.9. The van der Waals surface area contributed by atoms with Crippen LogP contribution < -0.4 is 10.6 Å². The molecule has 0 radical (unpaired) electrons. The summed E-state index contributed by atoms with van der Waals surface area (Å²) in [6.45, 7) is 1.58. The molecule has 1 atom stereocenters. The predicted molar refractivity (Wildman–Crippen MR) is 75.6 cm³/mol. The van der Waals surface area contributed by atoms with Crippen LogP contribution in [0.3, 0.4) is 0 Å². The summed E-state index contributed by atoms with van der Waals surface area (Å²) in [6, 6.07) is 4.77. The molecule has 0 unspecified atom stereocenters. The van der Waals surface area contributed by atoms with E-state index in [1.54, 1.807) is 6.07 Å². The fraction of sp³-hybridized carbons (Fsp3) is 0.385. The molecule has 20 heavy (non-hydrogen) atoms. The van der Waals surface area contributed by atoms with E-state index in [0.717, 1.165) is 31.7 Å². The number of hydrogen-bond donors (Lipinski definition) is 1. The molecule has 1 aliphatic rings. The second-order valence-electron chi connectivity index (χ2n) is 5.00. The first-order valence-electron chi connectivity index (χ1n) is 6.55. The SMILES string of the molecule is N[C@@H]1CCCN(c2ncnc3ccc([N+](=O)[O-])cc23)C1. The van der Waals surface area contributed by atoms with Crippen LogP contribution in [-0.4, -0.2) is 34.0 Å². The Kier molecular flexibility index (Phi) is 3.19. The van der Waals surface area contributed by atoms with Crippen molar-refractivity contribution in [2.24, 2.45) is 5.73 Å². The summed E-state index contributed by atoms with van der Waals surface area (Å²) in [5.74, 6) is 0.730. The molecule has 2 N–H and O–H groups in total. The number of aromatic nitrogens is 2. The molecule has 0 saturated carbocycles. The van der Waals surface area contributed by atoms with E-state index in [9.17, 15) is 10.1 Å². The summed E-state index contributed by atoms with van der Waals surface area (Å²) in [5.41, 5.74) is 6.75. The van der Waals surface area contributed by atoms with Gasteiger partial charge in [0.1, 0.15) is 12.1 Å². The zero-order valence-electron chi connectivity index (χ0n) is 10.9. The molecule has 7 heteroatoms. The molecule has 0 bridgehead atoms. The van der Waals surface area contributed by atoms with E-state index in [0.29, 0.717) is 10.9 Å². The minimum Gasteiger partial charge on any atom is -0.354 e. The van der Waals surface area contributed by atoms with Crippen LogP contribution in [0.15, 0.2) is 24.5 Å². The molecule has 0 amide bonds. The van der Waals surface area contributed by atoms with Crippen molar-refractivity contribution in [1.29, 1.82) is 0 Å². The number of piperidine rings is 1. The molecule has 3 rings (SSSR count). The highest BCUT2D eigenvalue weighted by Gasteiger charge is 2.21. The molecule has 7 nitrogen and oxygen atoms in total. The summed E-state index contributed by atoms with van der Waals surface area (Å²) in [6.07, 6.45) is 3.49. The lowest BCUT2D eigenvalue weighted by Gasteiger charge is -2.32. The fourth-order valence-electron chi connectivity index (χ4n) is 2.60. The van der Waals surface area contributed by atoms with Gasteiger partial charge in [0.25, 0.3) is 5.69 Å². The molecule has 1 aliphatic heterocycles. The first-order chi connectivity index (χ1) is 9.65. The molecular weight excluding hydrogens is 258 g/mol. The number of hydrogen-bond acceptors (Lipinski definition) is 6. The Morgan fingerprint density at radius 2 is 2.25 bits per heavy atom. The van der Waals surface area contributed by atoms with E-state index >= 15 is 0 Å². The number of nitrogens with zero attached hydrogens (tertiary/aromatic N) is 4. The minimum absolute atomic E-state index is 0.0508. The number of nitro benzene ring substituents is 1. The third-order valence-corrected chi connectivity index (χ3v) is 3.57. The van der Waals surface area contributed by atoms with E-state index in [1.165, 1.54) is 18.5 Å². The van der Waals surface area contributed by atoms with E-state index in [-0.39, 0.29) is 11.7 Å². The highest BCUT2D eigenvalue weighted by molar-refractivity contribution is 5.91. The van der Waals surface area contributed by atoms with E-state index in [4.69, 9.17) is 5.73 Å². The Bertz CT molecular complexity index is 660. The number of benzene rings is 1. The summed E-state index contributed by atoms with van der Waals surface area (Å²) in [5, 5.41) is 11.6. The van der Waals surface area contributed by atoms with Crippen molar-refractivity contribution < 1.29 is 4.92 Å². The first kappa shape index (κ1) is 12.7. The van der Waals surface area contributed by atoms with Crippen molar-refractivity contribution in [3.63, 3.8) is 0 Å². The van der Waals surface area contributed by atoms with Crippen molar-refractivity contribution in [2.45, 2.75) is 18.9 Å². The predicted octanol–water partition coefficient (Wildman–Crippen LogP) is 1.47. The van der Waals surface area contributed by atoms with Gasteiger partial charge in [-0.15, -0.1) is 0 Å². The summed E-state index contributed by atoms with van der Waals surface area (Å²) in [4.78, 5) is 21.1. The third kappa shape index (κ3) is 2.27. The van der Waals surface area contributed by atoms with Gasteiger partial charge in [0.2, 0.25) is 0 Å². The normalized spacial score (nSPS) is 19.2. The van der Waals surface area contributed by atoms with Gasteiger partial charge in [-0.25, -0.2) is 9.97 Å². The molecule has 1 aromatic carbocycles. The molecule has 0 spiro atoms. The van der Waals surface area contributed by atoms with Gasteiger partial charge in [-0.05, 0) is 18.9 Å². The third-order valence-electron chi connectivity index (χ3n) is 3.57. The maximum atomic E-state index is 10.9. The largest absolute Gasteiger partial charge is 0.354 e. The van der Waals surface area contributed by atoms with Gasteiger partial charge in [0.15, 0.2) is 0 Å². The van der Waals surface area contributed by atoms with Crippen LogP contribution in [0.5, 0.6) is 0 Å². The Morgan fingerprint density at radius 1 is 1.40 bits per heavy atom. The molecule has 1 saturated heterocycles. The highest BCUT2D eigenvalue weighted by Crippen LogP contribution is 2.28. The molecule has 104 valence electrons. The van der Waals surface area contributed by atoms with E-state index in [1.807, 2.05) is 0 Å². The Labute approximate surface area is 115 Å². The van der Waals surface area contributed by atoms with Crippen molar-refractivity contribution in [1.82, 2.24) is 9.97 Å². The standard InChI is InChI=1S/C13H15N5O2/c14-9-2-1-5-17(7-9)13-11-6-10(18(19)20)3-4-12(11)15-8-16-13/h3-4,6,8-9H,1-2,5,7,14H2/t9-/m1/s1. The molecule has 1 fully saturated rings. The molecule has 2 aromatic rings. The number of anilines is 1. The van der Waals surface area contributed by atoms with E-state index < -0.39 is 4.92 Å². The Hall–Kier alpha value is -2.28. The van der Waals surface area contributed by atoms with Gasteiger partial charge in [0, 0.05) is 36.7 Å². The van der Waals surface area contributed by atoms with Crippen LogP contribution in [0.25, 0.3) is 10.9 Å². The second-order valence-corrected chi connectivity index (χ2v) is 5.00. The number of fused-ring (bicyclic) bond motifs is 1. The van der Waals surface area contributed by atoms with Crippen molar-refractivity contribution in [3.05, 3.63) is 34.6 Å². The van der Waals surface area contributed by atoms with Gasteiger partial charge >= 0.3 is 0 Å². The number of nitrogens with two attached hydrogens (primary N) is 1. The minimum atomic E-state index is -0.405. The van der Waals surface area contributed by atoms with Crippen molar-refractivity contribution >= 4 is 22.4 Å². The van der Waals surface area contributed by atoms with Gasteiger partial charge in [-0.3, -0.25) is 10.1 Å². The van der Waals surface area contributed by atoms with Crippen LogP contribution in [0.4, 0.5) is 11.5 Å². The quantitative estimate of drug-likeness (QED) is 0.657. The lowest BCUT2D eigenvalue weighted by molar-refractivity contribution is -0.384. The fourth-order valence-corrected chi connectivity index (χ4v) is 2.60. The Balaban J connectivity index is 2.09. The number of nitro groups is 1. The Morgan fingerprint density at radius 3 is 3.00 bits per heavy atom. The van der Waals surface area contributed by atoms with Crippen LogP contribution in [0.1, 0.15) is 12.8 Å². The lowest BCUT2D eigenvalue weighted by atomic mass is 10.1. The van der Waals surface area contributed by atoms with Crippen LogP contribution in [0, 0.1) is 10.1 Å². The summed E-state index contributed by atoms with van der Waals surface area (Å²) in [7, 11) is 0. The second kappa shape index (κ2) is 5.01. The van der Waals surface area contributed by atoms with Gasteiger partial charge in [-0.2, -0.15) is 0 Å². The summed E-state index contributed by atoms with van der Waals surface area (Å²) < 4.78 is 0. The average Bonchev–Trinajstić information content (AvgIpc) is 2.46. The summed E-state index contributed by atoms with van der Waals surface area (Å²) >= 11 is 0. The molecule has 2 heterocycles. The zero-order chi connectivity index (χ0) is 14.1. The van der Waals surface area contributed by atoms with Crippen LogP contribution >= 0.6 is 0 Å². The smallest absolute Gasteiger partial charge is 0.270 e. The number of rotatable bonds is 2. The van der Waals surface area contributed by atoms with E-state index in [2.05, 4.69) is 14.9 Å². The van der Waals surface area contributed by atoms with Crippen LogP contribution in [0.2, 0.25) is 0 Å². The molecule has 1 aromatic heterocycles. The topological polar surface area (TPSA) is 98.2 Å². The number of non-ortho nitro benzene ring substituents is 1.